The fourth-order valence-corrected chi connectivity index (χ4v) is 2.57. The highest BCUT2D eigenvalue weighted by Gasteiger charge is 2.18. The Labute approximate surface area is 111 Å². The summed E-state index contributed by atoms with van der Waals surface area (Å²) in [6, 6.07) is 5.85. The van der Waals surface area contributed by atoms with Crippen molar-refractivity contribution < 1.29 is 4.74 Å². The number of anilines is 1. The van der Waals surface area contributed by atoms with Crippen molar-refractivity contribution >= 4 is 28.6 Å². The molecular weight excluding hydrogens is 250 g/mol. The van der Waals surface area contributed by atoms with E-state index in [0.29, 0.717) is 0 Å². The number of imidazole rings is 1. The number of morpholine rings is 1. The number of nitrogens with zero attached hydrogens (tertiary/aromatic N) is 3. The molecule has 96 valence electrons. The summed E-state index contributed by atoms with van der Waals surface area (Å²) in [6.45, 7) is 6.37. The molecule has 2 heterocycles. The summed E-state index contributed by atoms with van der Waals surface area (Å²) >= 11 is 6.07. The Bertz CT molecular complexity index is 561. The van der Waals surface area contributed by atoms with Gasteiger partial charge < -0.3 is 14.2 Å². The molecule has 0 aliphatic carbocycles. The Balaban J connectivity index is 2.10. The molecule has 0 atom stereocenters. The molecule has 1 aliphatic heterocycles. The number of fused-ring (bicyclic) bond motifs is 1. The minimum Gasteiger partial charge on any atom is -0.378 e. The van der Waals surface area contributed by atoms with Gasteiger partial charge in [-0.1, -0.05) is 11.6 Å². The number of aryl methyl sites for hydroxylation is 1. The molecule has 1 aromatic carbocycles. The molecule has 5 heteroatoms. The Morgan fingerprint density at radius 3 is 2.83 bits per heavy atom. The van der Waals surface area contributed by atoms with Crippen LogP contribution in [0.3, 0.4) is 0 Å². The molecule has 3 rings (SSSR count). The predicted molar refractivity (Wildman–Crippen MR) is 73.4 cm³/mol. The lowest BCUT2D eigenvalue weighted by atomic mass is 10.3. The largest absolute Gasteiger partial charge is 0.378 e. The van der Waals surface area contributed by atoms with Crippen LogP contribution < -0.4 is 4.90 Å². The number of benzene rings is 1. The predicted octanol–water partition coefficient (Wildman–Crippen LogP) is 2.55. The fraction of sp³-hybridized carbons (Fsp3) is 0.462. The van der Waals surface area contributed by atoms with Gasteiger partial charge in [0.15, 0.2) is 0 Å². The van der Waals surface area contributed by atoms with Crippen molar-refractivity contribution in [2.75, 3.05) is 31.2 Å². The number of rotatable bonds is 2. The van der Waals surface area contributed by atoms with Crippen molar-refractivity contribution in [3.63, 3.8) is 0 Å². The molecule has 0 unspecified atom stereocenters. The third-order valence-corrected chi connectivity index (χ3v) is 3.54. The van der Waals surface area contributed by atoms with Crippen molar-refractivity contribution in [2.45, 2.75) is 13.5 Å². The monoisotopic (exact) mass is 265 g/mol. The zero-order chi connectivity index (χ0) is 12.5. The zero-order valence-corrected chi connectivity index (χ0v) is 11.2. The molecule has 0 bridgehead atoms. The molecule has 1 aliphatic rings. The molecule has 1 saturated heterocycles. The van der Waals surface area contributed by atoms with Gasteiger partial charge in [-0.3, -0.25) is 0 Å². The quantitative estimate of drug-likeness (QED) is 0.836. The molecule has 0 radical (unpaired) electrons. The summed E-state index contributed by atoms with van der Waals surface area (Å²) in [6.07, 6.45) is 0. The molecular formula is C13H16ClN3O. The zero-order valence-electron chi connectivity index (χ0n) is 10.4. The number of ether oxygens (including phenoxy) is 1. The van der Waals surface area contributed by atoms with Gasteiger partial charge >= 0.3 is 0 Å². The van der Waals surface area contributed by atoms with Crippen LogP contribution in [0.25, 0.3) is 11.0 Å². The van der Waals surface area contributed by atoms with Crippen LogP contribution in [-0.4, -0.2) is 35.9 Å². The van der Waals surface area contributed by atoms with Crippen molar-refractivity contribution in [1.29, 1.82) is 0 Å². The molecule has 0 saturated carbocycles. The lowest BCUT2D eigenvalue weighted by Crippen LogP contribution is -2.37. The van der Waals surface area contributed by atoms with Gasteiger partial charge in [0.1, 0.15) is 0 Å². The Hall–Kier alpha value is -1.26. The van der Waals surface area contributed by atoms with Crippen molar-refractivity contribution in [3.8, 4) is 0 Å². The number of halogens is 1. The van der Waals surface area contributed by atoms with E-state index in [1.807, 2.05) is 18.2 Å². The fourth-order valence-electron chi connectivity index (χ4n) is 2.40. The maximum Gasteiger partial charge on any atom is 0.206 e. The van der Waals surface area contributed by atoms with Crippen molar-refractivity contribution in [1.82, 2.24) is 9.55 Å². The highest BCUT2D eigenvalue weighted by molar-refractivity contribution is 6.31. The maximum atomic E-state index is 6.07. The van der Waals surface area contributed by atoms with Gasteiger partial charge in [-0.05, 0) is 25.1 Å². The molecule has 0 N–H and O–H groups in total. The van der Waals surface area contributed by atoms with E-state index < -0.39 is 0 Å². The number of hydrogen-bond acceptors (Lipinski definition) is 3. The number of hydrogen-bond donors (Lipinski definition) is 0. The van der Waals surface area contributed by atoms with Crippen LogP contribution >= 0.6 is 11.6 Å². The van der Waals surface area contributed by atoms with E-state index in [4.69, 9.17) is 21.3 Å². The summed E-state index contributed by atoms with van der Waals surface area (Å²) in [4.78, 5) is 7.00. The lowest BCUT2D eigenvalue weighted by molar-refractivity contribution is 0.121. The summed E-state index contributed by atoms with van der Waals surface area (Å²) in [5.41, 5.74) is 2.11. The molecule has 1 aromatic heterocycles. The van der Waals surface area contributed by atoms with Crippen LogP contribution in [0.1, 0.15) is 6.92 Å². The first-order valence-electron chi connectivity index (χ1n) is 6.28. The Kier molecular flexibility index (Phi) is 3.14. The SMILES string of the molecule is CCn1c(N2CCOCC2)nc2ccc(Cl)cc21. The van der Waals surface area contributed by atoms with Gasteiger partial charge in [-0.15, -0.1) is 0 Å². The molecule has 1 fully saturated rings. The second kappa shape index (κ2) is 4.78. The van der Waals surface area contributed by atoms with Gasteiger partial charge in [-0.25, -0.2) is 4.98 Å². The standard InChI is InChI=1S/C13H16ClN3O/c1-2-17-12-9-10(14)3-4-11(12)15-13(17)16-5-7-18-8-6-16/h3-4,9H,2,5-8H2,1H3. The smallest absolute Gasteiger partial charge is 0.206 e. The third-order valence-electron chi connectivity index (χ3n) is 3.30. The maximum absolute atomic E-state index is 6.07. The first-order chi connectivity index (χ1) is 8.79. The molecule has 18 heavy (non-hydrogen) atoms. The summed E-state index contributed by atoms with van der Waals surface area (Å²) in [5.74, 6) is 1.03. The van der Waals surface area contributed by atoms with Gasteiger partial charge in [0, 0.05) is 24.7 Å². The topological polar surface area (TPSA) is 30.3 Å². The van der Waals surface area contributed by atoms with Gasteiger partial charge in [0.25, 0.3) is 0 Å². The van der Waals surface area contributed by atoms with Crippen molar-refractivity contribution in [2.24, 2.45) is 0 Å². The van der Waals surface area contributed by atoms with E-state index in [0.717, 1.165) is 54.9 Å². The summed E-state index contributed by atoms with van der Waals surface area (Å²) < 4.78 is 7.60. The normalized spacial score (nSPS) is 16.4. The number of aromatic nitrogens is 2. The molecule has 2 aromatic rings. The van der Waals surface area contributed by atoms with E-state index in [9.17, 15) is 0 Å². The molecule has 0 spiro atoms. The second-order valence-corrected chi connectivity index (χ2v) is 4.82. The van der Waals surface area contributed by atoms with Gasteiger partial charge in [-0.2, -0.15) is 0 Å². The van der Waals surface area contributed by atoms with E-state index in [1.165, 1.54) is 0 Å². The Morgan fingerprint density at radius 1 is 1.33 bits per heavy atom. The van der Waals surface area contributed by atoms with Crippen LogP contribution in [-0.2, 0) is 11.3 Å². The molecule has 4 nitrogen and oxygen atoms in total. The summed E-state index contributed by atoms with van der Waals surface area (Å²) in [7, 11) is 0. The highest BCUT2D eigenvalue weighted by atomic mass is 35.5. The van der Waals surface area contributed by atoms with Crippen LogP contribution in [0.4, 0.5) is 5.95 Å². The van der Waals surface area contributed by atoms with Gasteiger partial charge in [0.2, 0.25) is 5.95 Å². The second-order valence-electron chi connectivity index (χ2n) is 4.39. The average Bonchev–Trinajstić information content (AvgIpc) is 2.77. The first kappa shape index (κ1) is 11.8. The highest BCUT2D eigenvalue weighted by Crippen LogP contribution is 2.25. The summed E-state index contributed by atoms with van der Waals surface area (Å²) in [5, 5.41) is 0.755. The lowest BCUT2D eigenvalue weighted by Gasteiger charge is -2.28. The van der Waals surface area contributed by atoms with Crippen LogP contribution in [0.2, 0.25) is 5.02 Å². The average molecular weight is 266 g/mol. The van der Waals surface area contributed by atoms with Crippen LogP contribution in [0.15, 0.2) is 18.2 Å². The third kappa shape index (κ3) is 1.95. The molecule has 0 amide bonds. The minimum absolute atomic E-state index is 0.755. The van der Waals surface area contributed by atoms with Crippen LogP contribution in [0, 0.1) is 0 Å². The van der Waals surface area contributed by atoms with Crippen LogP contribution in [0.5, 0.6) is 0 Å². The van der Waals surface area contributed by atoms with Crippen molar-refractivity contribution in [3.05, 3.63) is 23.2 Å². The van der Waals surface area contributed by atoms with E-state index in [-0.39, 0.29) is 0 Å². The minimum atomic E-state index is 0.755. The van der Waals surface area contributed by atoms with E-state index >= 15 is 0 Å². The first-order valence-corrected chi connectivity index (χ1v) is 6.66. The van der Waals surface area contributed by atoms with Gasteiger partial charge in [0.05, 0.1) is 24.2 Å². The van der Waals surface area contributed by atoms with E-state index in [1.54, 1.807) is 0 Å². The Morgan fingerprint density at radius 2 is 2.11 bits per heavy atom. The van der Waals surface area contributed by atoms with E-state index in [2.05, 4.69) is 16.4 Å².